The number of hydrogen-bond acceptors (Lipinski definition) is 3. The van der Waals surface area contributed by atoms with E-state index in [1.54, 1.807) is 0 Å². The Labute approximate surface area is 136 Å². The van der Waals surface area contributed by atoms with Crippen LogP contribution in [0.2, 0.25) is 0 Å². The van der Waals surface area contributed by atoms with E-state index in [0.29, 0.717) is 6.04 Å². The molecule has 1 aliphatic heterocycles. The van der Waals surface area contributed by atoms with Gasteiger partial charge in [0.05, 0.1) is 17.8 Å². The number of benzene rings is 1. The van der Waals surface area contributed by atoms with E-state index in [9.17, 15) is 4.79 Å². The number of nitrogens with two attached hydrogens (primary N) is 1. The molecule has 0 spiro atoms. The molecule has 1 aromatic carbocycles. The first kappa shape index (κ1) is 15.7. The number of amides is 1. The van der Waals surface area contributed by atoms with Crippen molar-refractivity contribution in [2.24, 2.45) is 11.7 Å². The smallest absolute Gasteiger partial charge is 0.221 e. The minimum Gasteiger partial charge on any atom is -0.369 e. The summed E-state index contributed by atoms with van der Waals surface area (Å²) in [7, 11) is 0. The Balaban J connectivity index is 1.79. The molecule has 5 nitrogen and oxygen atoms in total. The molecule has 0 aliphatic carbocycles. The Kier molecular flexibility index (Phi) is 4.48. The van der Waals surface area contributed by atoms with Crippen molar-refractivity contribution in [2.45, 2.75) is 39.3 Å². The van der Waals surface area contributed by atoms with E-state index in [2.05, 4.69) is 53.2 Å². The van der Waals surface area contributed by atoms with Gasteiger partial charge in [-0.3, -0.25) is 14.8 Å². The van der Waals surface area contributed by atoms with Gasteiger partial charge < -0.3 is 5.73 Å². The van der Waals surface area contributed by atoms with Crippen molar-refractivity contribution in [2.75, 3.05) is 6.54 Å². The van der Waals surface area contributed by atoms with Gasteiger partial charge in [-0.25, -0.2) is 0 Å². The second-order valence-corrected chi connectivity index (χ2v) is 6.59. The van der Waals surface area contributed by atoms with Crippen LogP contribution in [0.1, 0.15) is 30.9 Å². The number of aromatic nitrogens is 2. The normalized spacial score (nSPS) is 22.2. The molecule has 2 aromatic rings. The van der Waals surface area contributed by atoms with E-state index in [0.717, 1.165) is 42.8 Å². The van der Waals surface area contributed by atoms with Gasteiger partial charge in [-0.05, 0) is 32.3 Å². The van der Waals surface area contributed by atoms with E-state index >= 15 is 0 Å². The predicted octanol–water partition coefficient (Wildman–Crippen LogP) is 2.47. The van der Waals surface area contributed by atoms with Crippen molar-refractivity contribution in [1.82, 2.24) is 15.1 Å². The van der Waals surface area contributed by atoms with Gasteiger partial charge in [0.1, 0.15) is 0 Å². The fourth-order valence-electron chi connectivity index (χ4n) is 3.25. The van der Waals surface area contributed by atoms with Crippen LogP contribution in [0.4, 0.5) is 0 Å². The van der Waals surface area contributed by atoms with Gasteiger partial charge in [-0.1, -0.05) is 29.8 Å². The van der Waals surface area contributed by atoms with Crippen molar-refractivity contribution in [1.29, 1.82) is 0 Å². The molecule has 1 aliphatic rings. The van der Waals surface area contributed by atoms with Crippen molar-refractivity contribution < 1.29 is 4.79 Å². The molecule has 2 atom stereocenters. The van der Waals surface area contributed by atoms with Crippen LogP contribution < -0.4 is 5.73 Å². The lowest BCUT2D eigenvalue weighted by atomic mass is 9.92. The lowest BCUT2D eigenvalue weighted by Gasteiger charge is -2.36. The molecule has 3 N–H and O–H groups in total. The van der Waals surface area contributed by atoms with Crippen LogP contribution in [0, 0.1) is 12.8 Å². The highest BCUT2D eigenvalue weighted by Gasteiger charge is 2.29. The number of piperidine rings is 1. The minimum atomic E-state index is -0.187. The first-order chi connectivity index (χ1) is 11.0. The Morgan fingerprint density at radius 1 is 1.35 bits per heavy atom. The number of likely N-dealkylation sites (tertiary alicyclic amines) is 1. The minimum absolute atomic E-state index is 0.0408. The van der Waals surface area contributed by atoms with Gasteiger partial charge in [0, 0.05) is 24.7 Å². The summed E-state index contributed by atoms with van der Waals surface area (Å²) in [5.74, 6) is -0.228. The molecular formula is C18H24N4O. The summed E-state index contributed by atoms with van der Waals surface area (Å²) < 4.78 is 0. The summed E-state index contributed by atoms with van der Waals surface area (Å²) >= 11 is 0. The highest BCUT2D eigenvalue weighted by Crippen LogP contribution is 2.27. The number of aryl methyl sites for hydroxylation is 1. The largest absolute Gasteiger partial charge is 0.369 e. The first-order valence-corrected chi connectivity index (χ1v) is 8.17. The third kappa shape index (κ3) is 3.45. The molecule has 1 aromatic heterocycles. The molecule has 23 heavy (non-hydrogen) atoms. The number of hydrogen-bond donors (Lipinski definition) is 2. The van der Waals surface area contributed by atoms with E-state index in [1.165, 1.54) is 5.56 Å². The molecule has 1 saturated heterocycles. The fourth-order valence-corrected chi connectivity index (χ4v) is 3.25. The predicted molar refractivity (Wildman–Crippen MR) is 90.6 cm³/mol. The SMILES string of the molecule is Cc1ccc(-c2[nH]ncc2CN2C[C@@H](C(N)=O)CC[C@H]2C)cc1. The summed E-state index contributed by atoms with van der Waals surface area (Å²) in [4.78, 5) is 13.8. The van der Waals surface area contributed by atoms with Crippen molar-refractivity contribution >= 4 is 5.91 Å². The number of rotatable bonds is 4. The maximum absolute atomic E-state index is 11.5. The zero-order valence-corrected chi connectivity index (χ0v) is 13.7. The van der Waals surface area contributed by atoms with Crippen LogP contribution in [0.25, 0.3) is 11.3 Å². The molecule has 1 fully saturated rings. The molecular weight excluding hydrogens is 288 g/mol. The Bertz CT molecular complexity index is 677. The van der Waals surface area contributed by atoms with Crippen LogP contribution >= 0.6 is 0 Å². The fraction of sp³-hybridized carbons (Fsp3) is 0.444. The summed E-state index contributed by atoms with van der Waals surface area (Å²) in [6.07, 6.45) is 3.78. The van der Waals surface area contributed by atoms with E-state index in [1.807, 2.05) is 6.20 Å². The zero-order valence-electron chi connectivity index (χ0n) is 13.7. The lowest BCUT2D eigenvalue weighted by Crippen LogP contribution is -2.45. The molecule has 1 amide bonds. The number of H-pyrrole nitrogens is 1. The molecule has 122 valence electrons. The number of primary amides is 1. The van der Waals surface area contributed by atoms with Gasteiger partial charge in [-0.15, -0.1) is 0 Å². The number of carbonyl (C=O) groups excluding carboxylic acids is 1. The third-order valence-corrected chi connectivity index (χ3v) is 4.85. The summed E-state index contributed by atoms with van der Waals surface area (Å²) in [6.45, 7) is 5.81. The van der Waals surface area contributed by atoms with Gasteiger partial charge in [0.25, 0.3) is 0 Å². The Hall–Kier alpha value is -2.14. The van der Waals surface area contributed by atoms with E-state index in [-0.39, 0.29) is 11.8 Å². The van der Waals surface area contributed by atoms with Crippen molar-refractivity contribution in [3.05, 3.63) is 41.6 Å². The van der Waals surface area contributed by atoms with Crippen LogP contribution in [0.3, 0.4) is 0 Å². The molecule has 0 unspecified atom stereocenters. The molecule has 0 radical (unpaired) electrons. The second-order valence-electron chi connectivity index (χ2n) is 6.59. The lowest BCUT2D eigenvalue weighted by molar-refractivity contribution is -0.124. The van der Waals surface area contributed by atoms with Gasteiger partial charge >= 0.3 is 0 Å². The van der Waals surface area contributed by atoms with E-state index < -0.39 is 0 Å². The van der Waals surface area contributed by atoms with Crippen LogP contribution in [0.5, 0.6) is 0 Å². The Morgan fingerprint density at radius 3 is 2.78 bits per heavy atom. The van der Waals surface area contributed by atoms with E-state index in [4.69, 9.17) is 5.73 Å². The zero-order chi connectivity index (χ0) is 16.4. The molecule has 2 heterocycles. The maximum atomic E-state index is 11.5. The van der Waals surface area contributed by atoms with Crippen LogP contribution in [-0.4, -0.2) is 33.6 Å². The number of nitrogens with zero attached hydrogens (tertiary/aromatic N) is 2. The number of nitrogens with one attached hydrogen (secondary N) is 1. The van der Waals surface area contributed by atoms with Gasteiger partial charge in [0.2, 0.25) is 5.91 Å². The van der Waals surface area contributed by atoms with Crippen LogP contribution in [-0.2, 0) is 11.3 Å². The summed E-state index contributed by atoms with van der Waals surface area (Å²) in [6, 6.07) is 8.88. The standard InChI is InChI=1S/C18H24N4O/c1-12-3-6-14(7-4-12)17-16(9-20-21-17)11-22-10-15(18(19)23)8-5-13(22)2/h3-4,6-7,9,13,15H,5,8,10-11H2,1-2H3,(H2,19,23)(H,20,21)/t13-,15+/m1/s1. The molecule has 5 heteroatoms. The van der Waals surface area contributed by atoms with Crippen molar-refractivity contribution in [3.8, 4) is 11.3 Å². The third-order valence-electron chi connectivity index (χ3n) is 4.85. The molecule has 0 bridgehead atoms. The van der Waals surface area contributed by atoms with Crippen molar-refractivity contribution in [3.63, 3.8) is 0 Å². The monoisotopic (exact) mass is 312 g/mol. The summed E-state index contributed by atoms with van der Waals surface area (Å²) in [5.41, 5.74) is 10.1. The molecule has 3 rings (SSSR count). The average molecular weight is 312 g/mol. The van der Waals surface area contributed by atoms with Crippen LogP contribution in [0.15, 0.2) is 30.5 Å². The highest BCUT2D eigenvalue weighted by molar-refractivity contribution is 5.77. The maximum Gasteiger partial charge on any atom is 0.221 e. The topological polar surface area (TPSA) is 75.0 Å². The first-order valence-electron chi connectivity index (χ1n) is 8.17. The number of carbonyl (C=O) groups is 1. The average Bonchev–Trinajstić information content (AvgIpc) is 2.98. The molecule has 0 saturated carbocycles. The van der Waals surface area contributed by atoms with Gasteiger partial charge in [-0.2, -0.15) is 5.10 Å². The summed E-state index contributed by atoms with van der Waals surface area (Å²) in [5, 5.41) is 7.33. The van der Waals surface area contributed by atoms with Gasteiger partial charge in [0.15, 0.2) is 0 Å². The second kappa shape index (κ2) is 6.54. The Morgan fingerprint density at radius 2 is 2.09 bits per heavy atom. The quantitative estimate of drug-likeness (QED) is 0.910. The highest BCUT2D eigenvalue weighted by atomic mass is 16.1. The number of aromatic amines is 1.